The topological polar surface area (TPSA) is 56.3 Å². The van der Waals surface area contributed by atoms with Gasteiger partial charge in [-0.3, -0.25) is 0 Å². The van der Waals surface area contributed by atoms with E-state index in [2.05, 4.69) is 46.5 Å². The minimum atomic E-state index is 0.616. The molecule has 3 rings (SSSR count). The molecule has 5 heteroatoms. The summed E-state index contributed by atoms with van der Waals surface area (Å²) in [5.74, 6) is 2.05. The summed E-state index contributed by atoms with van der Waals surface area (Å²) in [6.45, 7) is 2.77. The Labute approximate surface area is 135 Å². The van der Waals surface area contributed by atoms with Crippen LogP contribution < -0.4 is 14.8 Å². The molecule has 5 nitrogen and oxygen atoms in total. The number of hydrogen-bond acceptors (Lipinski definition) is 5. The molecule has 1 heterocycles. The molecular formula is C18H19N3O2. The van der Waals surface area contributed by atoms with E-state index in [4.69, 9.17) is 9.47 Å². The zero-order chi connectivity index (χ0) is 16.2. The van der Waals surface area contributed by atoms with Gasteiger partial charge in [0.15, 0.2) is 11.5 Å². The van der Waals surface area contributed by atoms with Gasteiger partial charge in [0.2, 0.25) is 0 Å². The van der Waals surface area contributed by atoms with Crippen LogP contribution in [0, 0.1) is 6.92 Å². The van der Waals surface area contributed by atoms with Crippen molar-refractivity contribution in [3.8, 4) is 11.5 Å². The van der Waals surface area contributed by atoms with Gasteiger partial charge in [0.1, 0.15) is 17.7 Å². The van der Waals surface area contributed by atoms with E-state index in [1.54, 1.807) is 14.2 Å². The van der Waals surface area contributed by atoms with Crippen LogP contribution in [-0.2, 0) is 6.54 Å². The van der Waals surface area contributed by atoms with Gasteiger partial charge in [-0.05, 0) is 24.6 Å². The lowest BCUT2D eigenvalue weighted by atomic mass is 10.1. The predicted octanol–water partition coefficient (Wildman–Crippen LogP) is 3.57. The minimum Gasteiger partial charge on any atom is -0.493 e. The van der Waals surface area contributed by atoms with Gasteiger partial charge in [-0.1, -0.05) is 29.8 Å². The Hall–Kier alpha value is -2.82. The quantitative estimate of drug-likeness (QED) is 0.781. The van der Waals surface area contributed by atoms with Crippen LogP contribution in [0.1, 0.15) is 11.1 Å². The van der Waals surface area contributed by atoms with E-state index in [1.165, 1.54) is 17.5 Å². The first kappa shape index (κ1) is 15.1. The summed E-state index contributed by atoms with van der Waals surface area (Å²) < 4.78 is 10.8. The molecule has 0 spiro atoms. The van der Waals surface area contributed by atoms with E-state index >= 15 is 0 Å². The number of benzene rings is 2. The SMILES string of the molecule is COc1ccc2c(NCc3ccc(C)cc3)ncnc2c1OC. The molecule has 0 bridgehead atoms. The van der Waals surface area contributed by atoms with Crippen molar-refractivity contribution >= 4 is 16.7 Å². The number of aromatic nitrogens is 2. The van der Waals surface area contributed by atoms with Crippen LogP contribution in [-0.4, -0.2) is 24.2 Å². The number of nitrogens with one attached hydrogen (secondary N) is 1. The Morgan fingerprint density at radius 3 is 2.43 bits per heavy atom. The fourth-order valence-electron chi connectivity index (χ4n) is 2.48. The summed E-state index contributed by atoms with van der Waals surface area (Å²) in [6, 6.07) is 12.2. The van der Waals surface area contributed by atoms with Crippen LogP contribution in [0.3, 0.4) is 0 Å². The maximum Gasteiger partial charge on any atom is 0.187 e. The molecule has 0 aliphatic carbocycles. The highest BCUT2D eigenvalue weighted by Crippen LogP contribution is 2.35. The Morgan fingerprint density at radius 2 is 1.74 bits per heavy atom. The van der Waals surface area contributed by atoms with E-state index in [1.807, 2.05) is 12.1 Å². The number of anilines is 1. The lowest BCUT2D eigenvalue weighted by Gasteiger charge is -2.13. The summed E-state index contributed by atoms with van der Waals surface area (Å²) in [4.78, 5) is 8.68. The molecule has 0 aliphatic rings. The first-order valence-corrected chi connectivity index (χ1v) is 7.38. The maximum absolute atomic E-state index is 5.44. The van der Waals surface area contributed by atoms with Gasteiger partial charge < -0.3 is 14.8 Å². The van der Waals surface area contributed by atoms with Crippen LogP contribution in [0.2, 0.25) is 0 Å². The molecule has 0 unspecified atom stereocenters. The second-order valence-corrected chi connectivity index (χ2v) is 5.26. The van der Waals surface area contributed by atoms with Gasteiger partial charge in [0.05, 0.1) is 14.2 Å². The fraction of sp³-hybridized carbons (Fsp3) is 0.222. The third-order valence-electron chi connectivity index (χ3n) is 3.73. The molecular weight excluding hydrogens is 290 g/mol. The van der Waals surface area contributed by atoms with E-state index in [0.29, 0.717) is 18.0 Å². The minimum absolute atomic E-state index is 0.616. The van der Waals surface area contributed by atoms with Gasteiger partial charge in [-0.25, -0.2) is 9.97 Å². The Balaban J connectivity index is 1.93. The van der Waals surface area contributed by atoms with Gasteiger partial charge >= 0.3 is 0 Å². The van der Waals surface area contributed by atoms with Crippen molar-refractivity contribution in [3.05, 3.63) is 53.9 Å². The lowest BCUT2D eigenvalue weighted by Crippen LogP contribution is -2.03. The average Bonchev–Trinajstić information content (AvgIpc) is 2.60. The Kier molecular flexibility index (Phi) is 4.28. The van der Waals surface area contributed by atoms with Gasteiger partial charge in [-0.2, -0.15) is 0 Å². The Bertz CT molecular complexity index is 816. The molecule has 23 heavy (non-hydrogen) atoms. The van der Waals surface area contributed by atoms with Crippen LogP contribution in [0.4, 0.5) is 5.82 Å². The van der Waals surface area contributed by atoms with Gasteiger partial charge in [-0.15, -0.1) is 0 Å². The number of aryl methyl sites for hydroxylation is 1. The highest BCUT2D eigenvalue weighted by molar-refractivity contribution is 5.94. The molecule has 118 valence electrons. The summed E-state index contributed by atoms with van der Waals surface area (Å²) in [6.07, 6.45) is 1.53. The summed E-state index contributed by atoms with van der Waals surface area (Å²) in [7, 11) is 3.22. The third-order valence-corrected chi connectivity index (χ3v) is 3.73. The second-order valence-electron chi connectivity index (χ2n) is 5.26. The zero-order valence-corrected chi connectivity index (χ0v) is 13.5. The van der Waals surface area contributed by atoms with Crippen molar-refractivity contribution in [3.63, 3.8) is 0 Å². The molecule has 2 aromatic carbocycles. The molecule has 0 aliphatic heterocycles. The summed E-state index contributed by atoms with van der Waals surface area (Å²) in [5, 5.41) is 4.26. The highest BCUT2D eigenvalue weighted by Gasteiger charge is 2.13. The van der Waals surface area contributed by atoms with Crippen LogP contribution in [0.15, 0.2) is 42.7 Å². The number of ether oxygens (including phenoxy) is 2. The highest BCUT2D eigenvalue weighted by atomic mass is 16.5. The Morgan fingerprint density at radius 1 is 0.957 bits per heavy atom. The monoisotopic (exact) mass is 309 g/mol. The van der Waals surface area contributed by atoms with E-state index in [-0.39, 0.29) is 0 Å². The van der Waals surface area contributed by atoms with Gasteiger partial charge in [0, 0.05) is 11.9 Å². The molecule has 0 amide bonds. The molecule has 0 saturated heterocycles. The summed E-state index contributed by atoms with van der Waals surface area (Å²) in [5.41, 5.74) is 3.18. The van der Waals surface area contributed by atoms with Crippen molar-refractivity contribution < 1.29 is 9.47 Å². The number of nitrogens with zero attached hydrogens (tertiary/aromatic N) is 2. The summed E-state index contributed by atoms with van der Waals surface area (Å²) >= 11 is 0. The first-order valence-electron chi connectivity index (χ1n) is 7.38. The molecule has 1 aromatic heterocycles. The van der Waals surface area contributed by atoms with Crippen molar-refractivity contribution in [2.45, 2.75) is 13.5 Å². The largest absolute Gasteiger partial charge is 0.493 e. The van der Waals surface area contributed by atoms with Crippen molar-refractivity contribution in [1.82, 2.24) is 9.97 Å². The third kappa shape index (κ3) is 3.04. The van der Waals surface area contributed by atoms with E-state index < -0.39 is 0 Å². The zero-order valence-electron chi connectivity index (χ0n) is 13.5. The van der Waals surface area contributed by atoms with Crippen LogP contribution >= 0.6 is 0 Å². The second kappa shape index (κ2) is 6.52. The maximum atomic E-state index is 5.44. The molecule has 0 atom stereocenters. The smallest absolute Gasteiger partial charge is 0.187 e. The van der Waals surface area contributed by atoms with Crippen molar-refractivity contribution in [2.75, 3.05) is 19.5 Å². The van der Waals surface area contributed by atoms with Gasteiger partial charge in [0.25, 0.3) is 0 Å². The molecule has 0 saturated carbocycles. The standard InChI is InChI=1S/C18H19N3O2/c1-12-4-6-13(7-5-12)10-19-18-14-8-9-15(22-2)17(23-3)16(14)20-11-21-18/h4-9,11H,10H2,1-3H3,(H,19,20,21). The fourth-order valence-corrected chi connectivity index (χ4v) is 2.48. The first-order chi connectivity index (χ1) is 11.2. The predicted molar refractivity (Wildman–Crippen MR) is 91.1 cm³/mol. The average molecular weight is 309 g/mol. The molecule has 0 radical (unpaired) electrons. The number of fused-ring (bicyclic) bond motifs is 1. The van der Waals surface area contributed by atoms with Crippen LogP contribution in [0.5, 0.6) is 11.5 Å². The number of hydrogen-bond donors (Lipinski definition) is 1. The molecule has 0 fully saturated rings. The number of methoxy groups -OCH3 is 2. The van der Waals surface area contributed by atoms with E-state index in [9.17, 15) is 0 Å². The normalized spacial score (nSPS) is 10.6. The molecule has 3 aromatic rings. The van der Waals surface area contributed by atoms with Crippen molar-refractivity contribution in [1.29, 1.82) is 0 Å². The van der Waals surface area contributed by atoms with Crippen LogP contribution in [0.25, 0.3) is 10.9 Å². The lowest BCUT2D eigenvalue weighted by molar-refractivity contribution is 0.358. The van der Waals surface area contributed by atoms with E-state index in [0.717, 1.165) is 16.7 Å². The van der Waals surface area contributed by atoms with Crippen molar-refractivity contribution in [2.24, 2.45) is 0 Å². The molecule has 1 N–H and O–H groups in total. The number of rotatable bonds is 5.